The van der Waals surface area contributed by atoms with Crippen molar-refractivity contribution < 1.29 is 17.9 Å². The largest absolute Gasteiger partial charge is 0.379 e. The Morgan fingerprint density at radius 3 is 2.61 bits per heavy atom. The molecule has 0 spiro atoms. The monoisotopic (exact) mass is 279 g/mol. The molecule has 0 saturated carbocycles. The Morgan fingerprint density at radius 2 is 2.00 bits per heavy atom. The van der Waals surface area contributed by atoms with Crippen molar-refractivity contribution in [2.24, 2.45) is 0 Å². The predicted octanol–water partition coefficient (Wildman–Crippen LogP) is -1.63. The molecular formula is C10H21N3O4S. The van der Waals surface area contributed by atoms with Gasteiger partial charge in [-0.1, -0.05) is 0 Å². The lowest BCUT2D eigenvalue weighted by molar-refractivity contribution is -0.120. The van der Waals surface area contributed by atoms with E-state index in [0.29, 0.717) is 6.54 Å². The minimum absolute atomic E-state index is 0.0198. The number of nitrogens with one attached hydrogen (secondary N) is 2. The zero-order chi connectivity index (χ0) is 13.4. The Bertz CT molecular complexity index is 352. The van der Waals surface area contributed by atoms with E-state index in [9.17, 15) is 13.2 Å². The molecule has 7 nitrogen and oxygen atoms in total. The van der Waals surface area contributed by atoms with E-state index in [4.69, 9.17) is 4.74 Å². The van der Waals surface area contributed by atoms with Crippen LogP contribution in [0.4, 0.5) is 0 Å². The quantitative estimate of drug-likeness (QED) is 0.584. The number of hydrogen-bond donors (Lipinski definition) is 2. The molecule has 1 saturated heterocycles. The first kappa shape index (κ1) is 15.4. The Labute approximate surface area is 108 Å². The molecule has 0 aromatic rings. The molecule has 1 fully saturated rings. The van der Waals surface area contributed by atoms with Gasteiger partial charge in [-0.15, -0.1) is 0 Å². The van der Waals surface area contributed by atoms with Crippen LogP contribution >= 0.6 is 0 Å². The summed E-state index contributed by atoms with van der Waals surface area (Å²) in [5.41, 5.74) is 0. The molecule has 0 unspecified atom stereocenters. The Balaban J connectivity index is 2.09. The van der Waals surface area contributed by atoms with E-state index in [2.05, 4.69) is 14.9 Å². The fraction of sp³-hybridized carbons (Fsp3) is 0.900. The molecule has 18 heavy (non-hydrogen) atoms. The maximum Gasteiger partial charge on any atom is 0.235 e. The van der Waals surface area contributed by atoms with E-state index in [-0.39, 0.29) is 18.2 Å². The normalized spacial score (nSPS) is 17.6. The molecule has 0 bridgehead atoms. The minimum atomic E-state index is -3.30. The summed E-state index contributed by atoms with van der Waals surface area (Å²) in [4.78, 5) is 13.6. The lowest BCUT2D eigenvalue weighted by Gasteiger charge is -2.26. The number of carbonyl (C=O) groups is 1. The van der Waals surface area contributed by atoms with E-state index in [1.54, 1.807) is 0 Å². The van der Waals surface area contributed by atoms with Crippen molar-refractivity contribution in [1.82, 2.24) is 14.9 Å². The van der Waals surface area contributed by atoms with Crippen LogP contribution in [-0.2, 0) is 19.6 Å². The summed E-state index contributed by atoms with van der Waals surface area (Å²) in [6.07, 6.45) is 0. The first-order chi connectivity index (χ1) is 8.53. The van der Waals surface area contributed by atoms with Crippen LogP contribution in [0.25, 0.3) is 0 Å². The van der Waals surface area contributed by atoms with E-state index >= 15 is 0 Å². The van der Waals surface area contributed by atoms with Crippen molar-refractivity contribution in [1.29, 1.82) is 0 Å². The highest BCUT2D eigenvalue weighted by molar-refractivity contribution is 7.89. The van der Waals surface area contributed by atoms with Crippen LogP contribution in [0.5, 0.6) is 0 Å². The van der Waals surface area contributed by atoms with Crippen LogP contribution in [0.2, 0.25) is 0 Å². The third-order valence-electron chi connectivity index (χ3n) is 2.69. The summed E-state index contributed by atoms with van der Waals surface area (Å²) in [5, 5.41) is 2.68. The number of rotatable bonds is 7. The molecule has 106 valence electrons. The van der Waals surface area contributed by atoms with Gasteiger partial charge in [0.1, 0.15) is 0 Å². The van der Waals surface area contributed by atoms with Gasteiger partial charge >= 0.3 is 0 Å². The van der Waals surface area contributed by atoms with E-state index in [0.717, 1.165) is 32.8 Å². The smallest absolute Gasteiger partial charge is 0.235 e. The van der Waals surface area contributed by atoms with Crippen molar-refractivity contribution in [2.75, 3.05) is 51.7 Å². The fourth-order valence-electron chi connectivity index (χ4n) is 1.52. The van der Waals surface area contributed by atoms with Gasteiger partial charge < -0.3 is 10.1 Å². The highest BCUT2D eigenvalue weighted by atomic mass is 32.2. The number of nitrogens with zero attached hydrogens (tertiary/aromatic N) is 1. The van der Waals surface area contributed by atoms with Crippen LogP contribution in [0.15, 0.2) is 0 Å². The Hall–Kier alpha value is -0.700. The van der Waals surface area contributed by atoms with Gasteiger partial charge in [0.2, 0.25) is 15.9 Å². The average molecular weight is 279 g/mol. The van der Waals surface area contributed by atoms with Crippen molar-refractivity contribution in [2.45, 2.75) is 6.92 Å². The van der Waals surface area contributed by atoms with Crippen molar-refractivity contribution in [3.63, 3.8) is 0 Å². The summed E-state index contributed by atoms with van der Waals surface area (Å²) in [5.74, 6) is -0.325. The molecule has 0 aromatic heterocycles. The first-order valence-corrected chi connectivity index (χ1v) is 7.73. The molecule has 0 aliphatic carbocycles. The van der Waals surface area contributed by atoms with Gasteiger partial charge in [0, 0.05) is 26.2 Å². The van der Waals surface area contributed by atoms with Crippen molar-refractivity contribution >= 4 is 15.9 Å². The number of carbonyl (C=O) groups excluding carboxylic acids is 1. The van der Waals surface area contributed by atoms with Crippen molar-refractivity contribution in [3.8, 4) is 0 Å². The molecule has 0 atom stereocenters. The van der Waals surface area contributed by atoms with Crippen molar-refractivity contribution in [3.05, 3.63) is 0 Å². The summed E-state index contributed by atoms with van der Waals surface area (Å²) < 4.78 is 29.7. The molecule has 1 amide bonds. The minimum Gasteiger partial charge on any atom is -0.379 e. The summed E-state index contributed by atoms with van der Waals surface area (Å²) in [6, 6.07) is 0. The number of ether oxygens (including phenoxy) is 1. The molecule has 8 heteroatoms. The van der Waals surface area contributed by atoms with Gasteiger partial charge in [0.25, 0.3) is 0 Å². The topological polar surface area (TPSA) is 87.7 Å². The first-order valence-electron chi connectivity index (χ1n) is 6.07. The SMILES string of the molecule is CCS(=O)(=O)NCC(=O)NCCN1CCOCC1. The maximum absolute atomic E-state index is 11.4. The van der Waals surface area contributed by atoms with Crippen LogP contribution in [0.3, 0.4) is 0 Å². The summed E-state index contributed by atoms with van der Waals surface area (Å²) in [6.45, 7) is 5.81. The molecule has 1 aliphatic heterocycles. The van der Waals surface area contributed by atoms with E-state index in [1.165, 1.54) is 6.92 Å². The molecule has 1 aliphatic rings. The third-order valence-corrected chi connectivity index (χ3v) is 4.03. The van der Waals surface area contributed by atoms with Gasteiger partial charge in [-0.25, -0.2) is 13.1 Å². The van der Waals surface area contributed by atoms with Gasteiger partial charge in [-0.2, -0.15) is 0 Å². The zero-order valence-corrected chi connectivity index (χ0v) is 11.5. The molecule has 2 N–H and O–H groups in total. The Kier molecular flexibility index (Phi) is 6.55. The molecular weight excluding hydrogens is 258 g/mol. The number of sulfonamides is 1. The molecule has 1 heterocycles. The van der Waals surface area contributed by atoms with Crippen LogP contribution in [-0.4, -0.2) is 70.9 Å². The number of amides is 1. The molecule has 1 rings (SSSR count). The van der Waals surface area contributed by atoms with Gasteiger partial charge in [0.15, 0.2) is 0 Å². The van der Waals surface area contributed by atoms with Gasteiger partial charge in [-0.3, -0.25) is 9.69 Å². The number of hydrogen-bond acceptors (Lipinski definition) is 5. The second-order valence-corrected chi connectivity index (χ2v) is 6.12. The van der Waals surface area contributed by atoms with Crippen LogP contribution in [0, 0.1) is 0 Å². The lowest BCUT2D eigenvalue weighted by Crippen LogP contribution is -2.43. The zero-order valence-electron chi connectivity index (χ0n) is 10.6. The van der Waals surface area contributed by atoms with Gasteiger partial charge in [-0.05, 0) is 6.92 Å². The number of morpholine rings is 1. The van der Waals surface area contributed by atoms with E-state index < -0.39 is 10.0 Å². The van der Waals surface area contributed by atoms with E-state index in [1.807, 2.05) is 0 Å². The second kappa shape index (κ2) is 7.67. The predicted molar refractivity (Wildman–Crippen MR) is 67.7 cm³/mol. The Morgan fingerprint density at radius 1 is 1.33 bits per heavy atom. The second-order valence-electron chi connectivity index (χ2n) is 4.03. The highest BCUT2D eigenvalue weighted by Gasteiger charge is 2.11. The summed E-state index contributed by atoms with van der Waals surface area (Å²) in [7, 11) is -3.30. The van der Waals surface area contributed by atoms with Gasteiger partial charge in [0.05, 0.1) is 25.5 Å². The molecule has 0 radical (unpaired) electrons. The summed E-state index contributed by atoms with van der Waals surface area (Å²) >= 11 is 0. The fourth-order valence-corrected chi connectivity index (χ4v) is 2.07. The average Bonchev–Trinajstić information content (AvgIpc) is 2.38. The third kappa shape index (κ3) is 6.29. The van der Waals surface area contributed by atoms with Crippen LogP contribution in [0.1, 0.15) is 6.92 Å². The lowest BCUT2D eigenvalue weighted by atomic mass is 10.4. The highest BCUT2D eigenvalue weighted by Crippen LogP contribution is 1.94. The molecule has 0 aromatic carbocycles. The van der Waals surface area contributed by atoms with Crippen LogP contribution < -0.4 is 10.0 Å². The maximum atomic E-state index is 11.4. The standard InChI is InChI=1S/C10H21N3O4S/c1-2-18(15,16)12-9-10(14)11-3-4-13-5-7-17-8-6-13/h12H,2-9H2,1H3,(H,11,14).